The fraction of sp³-hybridized carbons (Fsp3) is 0.556. The van der Waals surface area contributed by atoms with Crippen LogP contribution in [0.2, 0.25) is 0 Å². The molecule has 0 bridgehead atoms. The van der Waals surface area contributed by atoms with Crippen molar-refractivity contribution in [3.05, 3.63) is 18.0 Å². The Bertz CT molecular complexity index is 329. The van der Waals surface area contributed by atoms with Crippen molar-refractivity contribution in [2.45, 2.75) is 25.4 Å². The molecule has 1 saturated heterocycles. The number of carboxylic acid groups (broad SMARTS) is 1. The fourth-order valence-electron chi connectivity index (χ4n) is 1.71. The monoisotopic (exact) mass is 195 g/mol. The number of carbonyl (C=O) groups is 1. The lowest BCUT2D eigenvalue weighted by molar-refractivity contribution is 0.0696. The van der Waals surface area contributed by atoms with Gasteiger partial charge in [-0.05, 0) is 19.4 Å². The normalized spacial score (nSPS) is 21.3. The van der Waals surface area contributed by atoms with Crippen LogP contribution in [0, 0.1) is 0 Å². The van der Waals surface area contributed by atoms with Crippen LogP contribution in [-0.2, 0) is 6.54 Å². The van der Waals surface area contributed by atoms with Gasteiger partial charge in [0.05, 0.1) is 18.3 Å². The first-order chi connectivity index (χ1) is 6.75. The summed E-state index contributed by atoms with van der Waals surface area (Å²) in [5.41, 5.74) is 0.253. The highest BCUT2D eigenvalue weighted by atomic mass is 16.4. The van der Waals surface area contributed by atoms with Crippen LogP contribution < -0.4 is 5.32 Å². The number of nitrogens with one attached hydrogen (secondary N) is 1. The SMILES string of the molecule is O=C(O)c1cnn(CC2CCCN2)c1. The van der Waals surface area contributed by atoms with E-state index < -0.39 is 5.97 Å². The summed E-state index contributed by atoms with van der Waals surface area (Å²) in [5.74, 6) is -0.921. The Morgan fingerprint density at radius 3 is 3.21 bits per heavy atom. The maximum Gasteiger partial charge on any atom is 0.338 e. The summed E-state index contributed by atoms with van der Waals surface area (Å²) in [6.07, 6.45) is 5.29. The molecule has 1 aliphatic rings. The van der Waals surface area contributed by atoms with Crippen LogP contribution in [-0.4, -0.2) is 33.4 Å². The van der Waals surface area contributed by atoms with E-state index in [2.05, 4.69) is 10.4 Å². The van der Waals surface area contributed by atoms with Crippen LogP contribution in [0.25, 0.3) is 0 Å². The molecule has 1 aromatic heterocycles. The molecule has 2 heterocycles. The van der Waals surface area contributed by atoms with Crippen LogP contribution in [0.1, 0.15) is 23.2 Å². The predicted octanol–water partition coefficient (Wildman–Crippen LogP) is 0.333. The molecule has 2 N–H and O–H groups in total. The molecule has 0 amide bonds. The van der Waals surface area contributed by atoms with Crippen LogP contribution in [0.15, 0.2) is 12.4 Å². The van der Waals surface area contributed by atoms with Crippen molar-refractivity contribution in [2.75, 3.05) is 6.54 Å². The molecule has 1 aromatic rings. The molecule has 1 unspecified atom stereocenters. The molecule has 1 fully saturated rings. The molecule has 1 aliphatic heterocycles. The molecule has 0 spiro atoms. The van der Waals surface area contributed by atoms with Crippen LogP contribution in [0.5, 0.6) is 0 Å². The third kappa shape index (κ3) is 1.93. The Morgan fingerprint density at radius 2 is 2.64 bits per heavy atom. The van der Waals surface area contributed by atoms with E-state index in [1.54, 1.807) is 10.9 Å². The minimum absolute atomic E-state index is 0.253. The predicted molar refractivity (Wildman–Crippen MR) is 50.2 cm³/mol. The first-order valence-electron chi connectivity index (χ1n) is 4.75. The molecule has 76 valence electrons. The number of hydrogen-bond acceptors (Lipinski definition) is 3. The topological polar surface area (TPSA) is 67.1 Å². The van der Waals surface area contributed by atoms with E-state index in [-0.39, 0.29) is 5.56 Å². The summed E-state index contributed by atoms with van der Waals surface area (Å²) in [5, 5.41) is 16.0. The molecular weight excluding hydrogens is 182 g/mol. The zero-order chi connectivity index (χ0) is 9.97. The maximum atomic E-state index is 10.6. The van der Waals surface area contributed by atoms with Gasteiger partial charge in [-0.15, -0.1) is 0 Å². The fourth-order valence-corrected chi connectivity index (χ4v) is 1.71. The zero-order valence-electron chi connectivity index (χ0n) is 7.81. The molecule has 14 heavy (non-hydrogen) atoms. The summed E-state index contributed by atoms with van der Waals surface area (Å²) >= 11 is 0. The third-order valence-electron chi connectivity index (χ3n) is 2.45. The first-order valence-corrected chi connectivity index (χ1v) is 4.75. The summed E-state index contributed by atoms with van der Waals surface area (Å²) in [4.78, 5) is 10.6. The molecule has 5 nitrogen and oxygen atoms in total. The summed E-state index contributed by atoms with van der Waals surface area (Å²) in [6.45, 7) is 1.81. The quantitative estimate of drug-likeness (QED) is 0.729. The minimum Gasteiger partial charge on any atom is -0.478 e. The second kappa shape index (κ2) is 3.79. The van der Waals surface area contributed by atoms with Gasteiger partial charge < -0.3 is 10.4 Å². The van der Waals surface area contributed by atoms with Gasteiger partial charge in [-0.1, -0.05) is 0 Å². The lowest BCUT2D eigenvalue weighted by atomic mass is 10.2. The lowest BCUT2D eigenvalue weighted by Gasteiger charge is -2.08. The summed E-state index contributed by atoms with van der Waals surface area (Å²) in [6, 6.07) is 0.441. The van der Waals surface area contributed by atoms with E-state index in [0.717, 1.165) is 19.5 Å². The smallest absolute Gasteiger partial charge is 0.338 e. The Morgan fingerprint density at radius 1 is 1.79 bits per heavy atom. The largest absolute Gasteiger partial charge is 0.478 e. The molecule has 0 aliphatic carbocycles. The number of carboxylic acids is 1. The average molecular weight is 195 g/mol. The Labute approximate surface area is 81.7 Å². The van der Waals surface area contributed by atoms with Gasteiger partial charge in [0, 0.05) is 12.2 Å². The van der Waals surface area contributed by atoms with Crippen molar-refractivity contribution in [1.29, 1.82) is 0 Å². The van der Waals surface area contributed by atoms with E-state index >= 15 is 0 Å². The first kappa shape index (κ1) is 9.21. The average Bonchev–Trinajstić information content (AvgIpc) is 2.75. The van der Waals surface area contributed by atoms with Crippen LogP contribution >= 0.6 is 0 Å². The van der Waals surface area contributed by atoms with Crippen molar-refractivity contribution < 1.29 is 9.90 Å². The number of aromatic nitrogens is 2. The van der Waals surface area contributed by atoms with E-state index in [4.69, 9.17) is 5.11 Å². The van der Waals surface area contributed by atoms with E-state index in [1.807, 2.05) is 0 Å². The Balaban J connectivity index is 1.98. The molecule has 5 heteroatoms. The molecule has 0 aromatic carbocycles. The minimum atomic E-state index is -0.921. The molecule has 0 radical (unpaired) electrons. The van der Waals surface area contributed by atoms with Crippen LogP contribution in [0.3, 0.4) is 0 Å². The van der Waals surface area contributed by atoms with Crippen molar-refractivity contribution in [1.82, 2.24) is 15.1 Å². The van der Waals surface area contributed by atoms with Gasteiger partial charge in [0.25, 0.3) is 0 Å². The van der Waals surface area contributed by atoms with Gasteiger partial charge in [-0.3, -0.25) is 4.68 Å². The van der Waals surface area contributed by atoms with Gasteiger partial charge in [-0.25, -0.2) is 4.79 Å². The lowest BCUT2D eigenvalue weighted by Crippen LogP contribution is -2.26. The van der Waals surface area contributed by atoms with Gasteiger partial charge in [0.15, 0.2) is 0 Å². The van der Waals surface area contributed by atoms with Crippen LogP contribution in [0.4, 0.5) is 0 Å². The van der Waals surface area contributed by atoms with Crippen molar-refractivity contribution in [2.24, 2.45) is 0 Å². The van der Waals surface area contributed by atoms with E-state index in [1.165, 1.54) is 12.6 Å². The molecule has 2 rings (SSSR count). The highest BCUT2D eigenvalue weighted by Gasteiger charge is 2.15. The second-order valence-corrected chi connectivity index (χ2v) is 3.55. The van der Waals surface area contributed by atoms with Gasteiger partial charge in [-0.2, -0.15) is 5.10 Å². The number of hydrogen-bond donors (Lipinski definition) is 2. The van der Waals surface area contributed by atoms with E-state index in [0.29, 0.717) is 6.04 Å². The molecule has 0 saturated carbocycles. The van der Waals surface area contributed by atoms with Crippen molar-refractivity contribution in [3.8, 4) is 0 Å². The van der Waals surface area contributed by atoms with E-state index in [9.17, 15) is 4.79 Å². The summed E-state index contributed by atoms with van der Waals surface area (Å²) in [7, 11) is 0. The third-order valence-corrected chi connectivity index (χ3v) is 2.45. The highest BCUT2D eigenvalue weighted by molar-refractivity contribution is 5.86. The highest BCUT2D eigenvalue weighted by Crippen LogP contribution is 2.07. The second-order valence-electron chi connectivity index (χ2n) is 3.55. The number of nitrogens with zero attached hydrogens (tertiary/aromatic N) is 2. The van der Waals surface area contributed by atoms with Crippen molar-refractivity contribution >= 4 is 5.97 Å². The van der Waals surface area contributed by atoms with Crippen molar-refractivity contribution in [3.63, 3.8) is 0 Å². The van der Waals surface area contributed by atoms with Gasteiger partial charge in [0.1, 0.15) is 0 Å². The molecular formula is C9H13N3O2. The summed E-state index contributed by atoms with van der Waals surface area (Å²) < 4.78 is 1.69. The standard InChI is InChI=1S/C9H13N3O2/c13-9(14)7-4-11-12(5-7)6-8-2-1-3-10-8/h4-5,8,10H,1-3,6H2,(H,13,14). The zero-order valence-corrected chi connectivity index (χ0v) is 7.81. The molecule has 1 atom stereocenters. The van der Waals surface area contributed by atoms with Gasteiger partial charge >= 0.3 is 5.97 Å². The number of rotatable bonds is 3. The van der Waals surface area contributed by atoms with Gasteiger partial charge in [0.2, 0.25) is 0 Å². The Hall–Kier alpha value is -1.36. The maximum absolute atomic E-state index is 10.6. The number of aromatic carboxylic acids is 1. The Kier molecular flexibility index (Phi) is 2.49.